The molecule has 0 atom stereocenters. The number of nitrogens with two attached hydrogens (primary N) is 1. The molecule has 27 heavy (non-hydrogen) atoms. The van der Waals surface area contributed by atoms with Gasteiger partial charge in [-0.15, -0.1) is 0 Å². The van der Waals surface area contributed by atoms with Gasteiger partial charge in [-0.2, -0.15) is 0 Å². The molecule has 0 spiro atoms. The molecule has 0 aromatic heterocycles. The van der Waals surface area contributed by atoms with Gasteiger partial charge in [0.2, 0.25) is 5.91 Å². The Kier molecular flexibility index (Phi) is 7.65. The standard InChI is InChI=1S/C19H28N3O4S/c1-27(25,26)17-10-8-16(9-11-17)21-13-14-22(19(20)24)18(23)12-7-15-5-3-2-4-6-15/h8-12,15,21H,2-7,13-14H2,1H3,(H2,20,24). The van der Waals surface area contributed by atoms with Gasteiger partial charge in [0, 0.05) is 25.0 Å². The van der Waals surface area contributed by atoms with Gasteiger partial charge >= 0.3 is 6.03 Å². The second-order valence-corrected chi connectivity index (χ2v) is 9.01. The minimum absolute atomic E-state index is 0.142. The fourth-order valence-electron chi connectivity index (χ4n) is 3.26. The molecule has 149 valence electrons. The highest BCUT2D eigenvalue weighted by Gasteiger charge is 2.21. The zero-order valence-electron chi connectivity index (χ0n) is 15.7. The van der Waals surface area contributed by atoms with E-state index in [1.54, 1.807) is 18.6 Å². The molecule has 1 saturated carbocycles. The second kappa shape index (κ2) is 9.73. The molecular weight excluding hydrogens is 366 g/mol. The quantitative estimate of drug-likeness (QED) is 0.704. The summed E-state index contributed by atoms with van der Waals surface area (Å²) in [5, 5.41) is 3.06. The lowest BCUT2D eigenvalue weighted by atomic mass is 9.86. The van der Waals surface area contributed by atoms with Crippen molar-refractivity contribution < 1.29 is 18.0 Å². The maximum absolute atomic E-state index is 12.3. The first-order valence-electron chi connectivity index (χ1n) is 9.25. The lowest BCUT2D eigenvalue weighted by Crippen LogP contribution is -2.43. The first-order valence-corrected chi connectivity index (χ1v) is 11.1. The van der Waals surface area contributed by atoms with Gasteiger partial charge in [-0.25, -0.2) is 13.2 Å². The number of benzene rings is 1. The minimum atomic E-state index is -3.24. The minimum Gasteiger partial charge on any atom is -0.383 e. The molecule has 1 fully saturated rings. The summed E-state index contributed by atoms with van der Waals surface area (Å²) >= 11 is 0. The second-order valence-electron chi connectivity index (χ2n) is 7.00. The number of primary amides is 1. The van der Waals surface area contributed by atoms with Crippen LogP contribution in [0, 0.1) is 12.3 Å². The van der Waals surface area contributed by atoms with E-state index in [2.05, 4.69) is 5.32 Å². The van der Waals surface area contributed by atoms with E-state index in [0.717, 1.165) is 24.0 Å². The molecule has 1 aromatic carbocycles. The molecule has 0 bridgehead atoms. The van der Waals surface area contributed by atoms with Crippen LogP contribution in [0.15, 0.2) is 29.2 Å². The monoisotopic (exact) mass is 394 g/mol. The Bertz CT molecular complexity index is 741. The van der Waals surface area contributed by atoms with Crippen molar-refractivity contribution in [1.82, 2.24) is 4.90 Å². The third kappa shape index (κ3) is 6.86. The molecule has 3 N–H and O–H groups in total. The summed E-state index contributed by atoms with van der Waals surface area (Å²) in [5.74, 6) is 0.159. The van der Waals surface area contributed by atoms with Crippen molar-refractivity contribution in [3.63, 3.8) is 0 Å². The summed E-state index contributed by atoms with van der Waals surface area (Å²) < 4.78 is 22.9. The summed E-state index contributed by atoms with van der Waals surface area (Å²) in [6.45, 7) is 0.466. The summed E-state index contributed by atoms with van der Waals surface area (Å²) in [5.41, 5.74) is 6.04. The van der Waals surface area contributed by atoms with Crippen LogP contribution in [0.3, 0.4) is 0 Å². The van der Waals surface area contributed by atoms with Crippen molar-refractivity contribution in [2.45, 2.75) is 43.4 Å². The number of imide groups is 1. The van der Waals surface area contributed by atoms with Crippen LogP contribution >= 0.6 is 0 Å². The van der Waals surface area contributed by atoms with Gasteiger partial charge in [-0.1, -0.05) is 32.1 Å². The van der Waals surface area contributed by atoms with Crippen molar-refractivity contribution in [3.05, 3.63) is 30.7 Å². The maximum Gasteiger partial charge on any atom is 0.321 e. The zero-order valence-corrected chi connectivity index (χ0v) is 16.5. The number of nitrogens with zero attached hydrogens (tertiary/aromatic N) is 1. The van der Waals surface area contributed by atoms with Crippen molar-refractivity contribution in [2.75, 3.05) is 24.7 Å². The van der Waals surface area contributed by atoms with E-state index in [9.17, 15) is 18.0 Å². The number of anilines is 1. The van der Waals surface area contributed by atoms with Crippen LogP contribution in [-0.4, -0.2) is 44.6 Å². The molecule has 0 unspecified atom stereocenters. The highest BCUT2D eigenvalue weighted by molar-refractivity contribution is 7.90. The number of carbonyl (C=O) groups is 2. The maximum atomic E-state index is 12.3. The molecule has 1 aliphatic carbocycles. The van der Waals surface area contributed by atoms with E-state index in [-0.39, 0.29) is 17.3 Å². The van der Waals surface area contributed by atoms with Crippen LogP contribution in [0.1, 0.15) is 38.5 Å². The summed E-state index contributed by atoms with van der Waals surface area (Å²) in [6.07, 6.45) is 9.33. The van der Waals surface area contributed by atoms with Gasteiger partial charge in [0.05, 0.1) is 11.3 Å². The van der Waals surface area contributed by atoms with E-state index >= 15 is 0 Å². The number of amides is 3. The molecule has 3 amide bonds. The Labute approximate surface area is 161 Å². The van der Waals surface area contributed by atoms with E-state index in [1.807, 2.05) is 0 Å². The molecule has 8 heteroatoms. The van der Waals surface area contributed by atoms with Crippen LogP contribution in [0.4, 0.5) is 10.5 Å². The Balaban J connectivity index is 1.81. The van der Waals surface area contributed by atoms with Crippen molar-refractivity contribution in [1.29, 1.82) is 0 Å². The van der Waals surface area contributed by atoms with Crippen LogP contribution in [-0.2, 0) is 14.6 Å². The molecule has 0 saturated heterocycles. The van der Waals surface area contributed by atoms with Crippen LogP contribution in [0.25, 0.3) is 0 Å². The Hall–Kier alpha value is -2.09. The molecule has 0 heterocycles. The number of rotatable bonds is 8. The Morgan fingerprint density at radius 3 is 2.37 bits per heavy atom. The van der Waals surface area contributed by atoms with Gasteiger partial charge in [0.25, 0.3) is 0 Å². The van der Waals surface area contributed by atoms with Gasteiger partial charge in [0.15, 0.2) is 9.84 Å². The predicted octanol–water partition coefficient (Wildman–Crippen LogP) is 2.58. The molecule has 1 aromatic rings. The van der Waals surface area contributed by atoms with Gasteiger partial charge in [-0.3, -0.25) is 9.69 Å². The van der Waals surface area contributed by atoms with E-state index < -0.39 is 15.9 Å². The third-order valence-corrected chi connectivity index (χ3v) is 5.96. The number of sulfone groups is 1. The fourth-order valence-corrected chi connectivity index (χ4v) is 3.89. The average Bonchev–Trinajstić information content (AvgIpc) is 2.63. The molecule has 0 aliphatic heterocycles. The molecule has 7 nitrogen and oxygen atoms in total. The first-order chi connectivity index (χ1) is 12.8. The number of carbonyl (C=O) groups excluding carboxylic acids is 2. The Morgan fingerprint density at radius 2 is 1.81 bits per heavy atom. The van der Waals surface area contributed by atoms with Crippen molar-refractivity contribution >= 4 is 27.5 Å². The smallest absolute Gasteiger partial charge is 0.321 e. The molecular formula is C19H28N3O4S. The number of nitrogens with one attached hydrogen (secondary N) is 1. The molecule has 2 rings (SSSR count). The van der Waals surface area contributed by atoms with E-state index in [0.29, 0.717) is 24.6 Å². The number of hydrogen-bond donors (Lipinski definition) is 2. The number of hydrogen-bond acceptors (Lipinski definition) is 5. The fraction of sp³-hybridized carbons (Fsp3) is 0.526. The van der Waals surface area contributed by atoms with Crippen LogP contribution in [0.2, 0.25) is 0 Å². The summed E-state index contributed by atoms with van der Waals surface area (Å²) in [4.78, 5) is 25.2. The van der Waals surface area contributed by atoms with Crippen LogP contribution in [0.5, 0.6) is 0 Å². The summed E-state index contributed by atoms with van der Waals surface area (Å²) in [6, 6.07) is 5.53. The van der Waals surface area contributed by atoms with Gasteiger partial charge in [0.1, 0.15) is 0 Å². The SMILES string of the molecule is CS(=O)(=O)c1ccc(NCCN(C(N)=O)C(=O)[CH]CC2CCCCC2)cc1. The van der Waals surface area contributed by atoms with Crippen molar-refractivity contribution in [2.24, 2.45) is 11.7 Å². The first kappa shape index (κ1) is 21.2. The van der Waals surface area contributed by atoms with Gasteiger partial charge in [-0.05, 0) is 36.6 Å². The molecule has 1 aliphatic rings. The zero-order chi connectivity index (χ0) is 19.9. The normalized spacial score (nSPS) is 15.3. The largest absolute Gasteiger partial charge is 0.383 e. The summed E-state index contributed by atoms with van der Waals surface area (Å²) in [7, 11) is -3.24. The highest BCUT2D eigenvalue weighted by Crippen LogP contribution is 2.27. The van der Waals surface area contributed by atoms with E-state index in [1.165, 1.54) is 31.4 Å². The van der Waals surface area contributed by atoms with E-state index in [4.69, 9.17) is 5.73 Å². The lowest BCUT2D eigenvalue weighted by molar-refractivity contribution is -0.124. The van der Waals surface area contributed by atoms with Crippen LogP contribution < -0.4 is 11.1 Å². The van der Waals surface area contributed by atoms with Gasteiger partial charge < -0.3 is 11.1 Å². The lowest BCUT2D eigenvalue weighted by Gasteiger charge is -2.23. The number of urea groups is 1. The Morgan fingerprint density at radius 1 is 1.19 bits per heavy atom. The highest BCUT2D eigenvalue weighted by atomic mass is 32.2. The predicted molar refractivity (Wildman–Crippen MR) is 105 cm³/mol. The van der Waals surface area contributed by atoms with Crippen molar-refractivity contribution in [3.8, 4) is 0 Å². The topological polar surface area (TPSA) is 110 Å². The average molecular weight is 395 g/mol. The third-order valence-electron chi connectivity index (χ3n) is 4.83. The molecule has 1 radical (unpaired) electrons.